The molecule has 1 aromatic rings. The Kier molecular flexibility index (Phi) is 4.98. The fraction of sp³-hybridized carbons (Fsp3) is 0.533. The van der Waals surface area contributed by atoms with Crippen LogP contribution in [0.2, 0.25) is 0 Å². The minimum Gasteiger partial charge on any atom is -0.381 e. The third-order valence-electron chi connectivity index (χ3n) is 3.70. The van der Waals surface area contributed by atoms with Gasteiger partial charge in [0, 0.05) is 38.9 Å². The van der Waals surface area contributed by atoms with Crippen molar-refractivity contribution in [1.29, 1.82) is 0 Å². The van der Waals surface area contributed by atoms with E-state index in [0.29, 0.717) is 25.7 Å². The van der Waals surface area contributed by atoms with Crippen LogP contribution in [0.5, 0.6) is 0 Å². The van der Waals surface area contributed by atoms with E-state index in [1.807, 2.05) is 24.3 Å². The molecule has 0 bridgehead atoms. The van der Waals surface area contributed by atoms with Crippen molar-refractivity contribution in [2.24, 2.45) is 10.7 Å². The van der Waals surface area contributed by atoms with E-state index in [1.54, 1.807) is 7.11 Å². The lowest BCUT2D eigenvalue weighted by Gasteiger charge is -2.34. The first-order valence-electron chi connectivity index (χ1n) is 6.90. The zero-order chi connectivity index (χ0) is 14.4. The van der Waals surface area contributed by atoms with Crippen molar-refractivity contribution in [1.82, 2.24) is 0 Å². The zero-order valence-corrected chi connectivity index (χ0v) is 12.2. The monoisotopic (exact) mass is 277 g/mol. The molecule has 2 rings (SSSR count). The molecule has 3 N–H and O–H groups in total. The molecule has 0 aromatic heterocycles. The summed E-state index contributed by atoms with van der Waals surface area (Å²) in [6.07, 6.45) is 1.70. The molecular formula is C15H23N3O2. The molecule has 0 radical (unpaired) electrons. The number of benzene rings is 1. The van der Waals surface area contributed by atoms with Crippen molar-refractivity contribution in [3.05, 3.63) is 29.8 Å². The number of methoxy groups -OCH3 is 1. The number of aliphatic imine (C=N–C) groups is 1. The summed E-state index contributed by atoms with van der Waals surface area (Å²) in [7, 11) is 1.73. The van der Waals surface area contributed by atoms with Crippen LogP contribution in [0, 0.1) is 6.92 Å². The second-order valence-corrected chi connectivity index (χ2v) is 5.19. The van der Waals surface area contributed by atoms with Gasteiger partial charge in [0.25, 0.3) is 0 Å². The number of ether oxygens (including phenoxy) is 2. The molecule has 5 heteroatoms. The van der Waals surface area contributed by atoms with Crippen LogP contribution in [0.25, 0.3) is 0 Å². The highest BCUT2D eigenvalue weighted by Gasteiger charge is 2.32. The summed E-state index contributed by atoms with van der Waals surface area (Å²) in [4.78, 5) is 4.41. The Balaban J connectivity index is 1.94. The van der Waals surface area contributed by atoms with Gasteiger partial charge in [-0.3, -0.25) is 4.99 Å². The van der Waals surface area contributed by atoms with Gasteiger partial charge in [-0.1, -0.05) is 17.7 Å². The maximum Gasteiger partial charge on any atom is 0.193 e. The molecule has 0 atom stereocenters. The Morgan fingerprint density at radius 3 is 2.60 bits per heavy atom. The topological polar surface area (TPSA) is 68.9 Å². The molecule has 5 nitrogen and oxygen atoms in total. The van der Waals surface area contributed by atoms with Crippen molar-refractivity contribution in [3.63, 3.8) is 0 Å². The number of nitrogens with zero attached hydrogens (tertiary/aromatic N) is 1. The van der Waals surface area contributed by atoms with Crippen molar-refractivity contribution in [2.45, 2.75) is 25.4 Å². The standard InChI is InChI=1S/C15H23N3O2/c1-12-3-5-13(6-4-12)18-14(16)17-11-15(19-2)7-9-20-10-8-15/h3-6H,7-11H2,1-2H3,(H3,16,17,18). The summed E-state index contributed by atoms with van der Waals surface area (Å²) in [5.41, 5.74) is 7.84. The predicted molar refractivity (Wildman–Crippen MR) is 81.1 cm³/mol. The van der Waals surface area contributed by atoms with Crippen molar-refractivity contribution in [3.8, 4) is 0 Å². The summed E-state index contributed by atoms with van der Waals surface area (Å²) >= 11 is 0. The number of aryl methyl sites for hydroxylation is 1. The van der Waals surface area contributed by atoms with E-state index in [2.05, 4.69) is 17.2 Å². The second-order valence-electron chi connectivity index (χ2n) is 5.19. The third-order valence-corrected chi connectivity index (χ3v) is 3.70. The van der Waals surface area contributed by atoms with Crippen LogP contribution in [0.3, 0.4) is 0 Å². The molecule has 0 unspecified atom stereocenters. The molecule has 0 spiro atoms. The van der Waals surface area contributed by atoms with Crippen LogP contribution < -0.4 is 11.1 Å². The van der Waals surface area contributed by atoms with Crippen molar-refractivity contribution in [2.75, 3.05) is 32.2 Å². The van der Waals surface area contributed by atoms with Crippen LogP contribution in [0.1, 0.15) is 18.4 Å². The smallest absolute Gasteiger partial charge is 0.193 e. The number of rotatable bonds is 4. The minimum atomic E-state index is -0.238. The van der Waals surface area contributed by atoms with E-state index in [4.69, 9.17) is 15.2 Å². The highest BCUT2D eigenvalue weighted by molar-refractivity contribution is 5.92. The molecule has 1 heterocycles. The lowest BCUT2D eigenvalue weighted by atomic mass is 9.94. The van der Waals surface area contributed by atoms with Gasteiger partial charge in [0.15, 0.2) is 5.96 Å². The van der Waals surface area contributed by atoms with E-state index in [0.717, 1.165) is 18.5 Å². The largest absolute Gasteiger partial charge is 0.381 e. The van der Waals surface area contributed by atoms with Crippen LogP contribution in [-0.4, -0.2) is 38.4 Å². The first-order chi connectivity index (χ1) is 9.63. The number of hydrogen-bond acceptors (Lipinski definition) is 3. The molecular weight excluding hydrogens is 254 g/mol. The molecule has 0 amide bonds. The van der Waals surface area contributed by atoms with Crippen molar-refractivity contribution >= 4 is 11.6 Å². The molecule has 110 valence electrons. The van der Waals surface area contributed by atoms with E-state index in [1.165, 1.54) is 5.56 Å². The molecule has 0 aliphatic carbocycles. The second kappa shape index (κ2) is 6.72. The Labute approximate surface area is 120 Å². The van der Waals surface area contributed by atoms with Crippen LogP contribution in [-0.2, 0) is 9.47 Å². The number of hydrogen-bond donors (Lipinski definition) is 2. The van der Waals surface area contributed by atoms with Gasteiger partial charge in [-0.15, -0.1) is 0 Å². The quantitative estimate of drug-likeness (QED) is 0.651. The van der Waals surface area contributed by atoms with Crippen molar-refractivity contribution < 1.29 is 9.47 Å². The average molecular weight is 277 g/mol. The fourth-order valence-corrected chi connectivity index (χ4v) is 2.22. The fourth-order valence-electron chi connectivity index (χ4n) is 2.22. The molecule has 1 saturated heterocycles. The molecule has 1 aliphatic rings. The normalized spacial score (nSPS) is 18.8. The zero-order valence-electron chi connectivity index (χ0n) is 12.2. The van der Waals surface area contributed by atoms with Gasteiger partial charge < -0.3 is 20.5 Å². The van der Waals surface area contributed by atoms with Gasteiger partial charge in [0.2, 0.25) is 0 Å². The predicted octanol–water partition coefficient (Wildman–Crippen LogP) is 1.92. The number of nitrogens with two attached hydrogens (primary N) is 1. The van der Waals surface area contributed by atoms with E-state index >= 15 is 0 Å². The number of anilines is 1. The highest BCUT2D eigenvalue weighted by atomic mass is 16.5. The van der Waals surface area contributed by atoms with Gasteiger partial charge >= 0.3 is 0 Å². The van der Waals surface area contributed by atoms with E-state index in [-0.39, 0.29) is 5.60 Å². The minimum absolute atomic E-state index is 0.238. The first-order valence-corrected chi connectivity index (χ1v) is 6.90. The summed E-state index contributed by atoms with van der Waals surface area (Å²) in [6.45, 7) is 4.04. The molecule has 0 saturated carbocycles. The Hall–Kier alpha value is -1.59. The molecule has 1 aliphatic heterocycles. The maximum atomic E-state index is 5.93. The Morgan fingerprint density at radius 1 is 1.35 bits per heavy atom. The SMILES string of the molecule is COC1(CN=C(N)Nc2ccc(C)cc2)CCOCC1. The van der Waals surface area contributed by atoms with Crippen LogP contribution in [0.15, 0.2) is 29.3 Å². The summed E-state index contributed by atoms with van der Waals surface area (Å²) in [6, 6.07) is 8.03. The third kappa shape index (κ3) is 3.95. The number of nitrogens with one attached hydrogen (secondary N) is 1. The summed E-state index contributed by atoms with van der Waals surface area (Å²) < 4.78 is 11.0. The van der Waals surface area contributed by atoms with Crippen LogP contribution in [0.4, 0.5) is 5.69 Å². The van der Waals surface area contributed by atoms with Crippen LogP contribution >= 0.6 is 0 Å². The molecule has 1 aromatic carbocycles. The Bertz CT molecular complexity index is 451. The van der Waals surface area contributed by atoms with Gasteiger partial charge in [-0.25, -0.2) is 0 Å². The average Bonchev–Trinajstić information content (AvgIpc) is 2.49. The summed E-state index contributed by atoms with van der Waals surface area (Å²) in [5, 5.41) is 3.09. The van der Waals surface area contributed by atoms with Gasteiger partial charge in [0.1, 0.15) is 0 Å². The molecule has 1 fully saturated rings. The summed E-state index contributed by atoms with van der Waals surface area (Å²) in [5.74, 6) is 0.414. The number of guanidine groups is 1. The highest BCUT2D eigenvalue weighted by Crippen LogP contribution is 2.24. The first kappa shape index (κ1) is 14.8. The van der Waals surface area contributed by atoms with E-state index < -0.39 is 0 Å². The lowest BCUT2D eigenvalue weighted by Crippen LogP contribution is -2.42. The lowest BCUT2D eigenvalue weighted by molar-refractivity contribution is -0.0828. The van der Waals surface area contributed by atoms with Gasteiger partial charge in [-0.05, 0) is 19.1 Å². The van der Waals surface area contributed by atoms with Gasteiger partial charge in [-0.2, -0.15) is 0 Å². The Morgan fingerprint density at radius 2 is 2.00 bits per heavy atom. The molecule has 20 heavy (non-hydrogen) atoms. The maximum absolute atomic E-state index is 5.93. The van der Waals surface area contributed by atoms with E-state index in [9.17, 15) is 0 Å². The van der Waals surface area contributed by atoms with Gasteiger partial charge in [0.05, 0.1) is 12.1 Å².